The topological polar surface area (TPSA) is 66.9 Å². The summed E-state index contributed by atoms with van der Waals surface area (Å²) in [5.41, 5.74) is 0.742. The van der Waals surface area contributed by atoms with Crippen LogP contribution in [-0.2, 0) is 14.8 Å². The van der Waals surface area contributed by atoms with Gasteiger partial charge in [0.05, 0.1) is 33.4 Å². The number of nitrogens with zero attached hydrogens (tertiary/aromatic N) is 2. The number of morpholine rings is 1. The van der Waals surface area contributed by atoms with Crippen LogP contribution in [0.5, 0.6) is 0 Å². The molecule has 1 saturated heterocycles. The van der Waals surface area contributed by atoms with Crippen molar-refractivity contribution < 1.29 is 17.9 Å². The third-order valence-electron chi connectivity index (χ3n) is 4.79. The Kier molecular flexibility index (Phi) is 6.51. The summed E-state index contributed by atoms with van der Waals surface area (Å²) in [4.78, 5) is 14.8. The maximum absolute atomic E-state index is 13.3. The molecule has 6 nitrogen and oxygen atoms in total. The van der Waals surface area contributed by atoms with E-state index in [0.29, 0.717) is 18.8 Å². The highest BCUT2D eigenvalue weighted by Gasteiger charge is 2.30. The minimum atomic E-state index is -3.85. The summed E-state index contributed by atoms with van der Waals surface area (Å²) in [6.45, 7) is 6.69. The van der Waals surface area contributed by atoms with Crippen molar-refractivity contribution in [3.8, 4) is 0 Å². The fourth-order valence-electron chi connectivity index (χ4n) is 3.56. The van der Waals surface area contributed by atoms with Crippen LogP contribution in [0.2, 0.25) is 5.02 Å². The van der Waals surface area contributed by atoms with Crippen molar-refractivity contribution in [3.05, 3.63) is 59.1 Å². The van der Waals surface area contributed by atoms with E-state index in [4.69, 9.17) is 16.3 Å². The maximum Gasteiger partial charge on any atom is 0.264 e. The molecule has 2 atom stereocenters. The second kappa shape index (κ2) is 8.73. The number of amides is 1. The predicted molar refractivity (Wildman–Crippen MR) is 114 cm³/mol. The van der Waals surface area contributed by atoms with Gasteiger partial charge in [-0.1, -0.05) is 29.8 Å². The number of sulfonamides is 1. The van der Waals surface area contributed by atoms with Crippen LogP contribution in [0.4, 0.5) is 5.69 Å². The molecule has 0 unspecified atom stereocenters. The van der Waals surface area contributed by atoms with E-state index in [0.717, 1.165) is 0 Å². The summed E-state index contributed by atoms with van der Waals surface area (Å²) in [6, 6.07) is 13.1. The summed E-state index contributed by atoms with van der Waals surface area (Å²) >= 11 is 6.28. The molecule has 0 radical (unpaired) electrons. The van der Waals surface area contributed by atoms with E-state index < -0.39 is 10.0 Å². The lowest BCUT2D eigenvalue weighted by atomic mass is 10.1. The third kappa shape index (κ3) is 4.57. The largest absolute Gasteiger partial charge is 0.372 e. The molecule has 1 fully saturated rings. The smallest absolute Gasteiger partial charge is 0.264 e. The van der Waals surface area contributed by atoms with Crippen LogP contribution in [0.1, 0.15) is 31.1 Å². The molecule has 0 bridgehead atoms. The minimum absolute atomic E-state index is 0.0327. The molecular formula is C21H25ClN2O4S. The third-order valence-corrected chi connectivity index (χ3v) is 7.02. The Morgan fingerprint density at radius 1 is 1.14 bits per heavy atom. The zero-order valence-corrected chi connectivity index (χ0v) is 18.3. The van der Waals surface area contributed by atoms with Crippen molar-refractivity contribution in [2.75, 3.05) is 23.9 Å². The second-order valence-electron chi connectivity index (χ2n) is 7.11. The number of rotatable bonds is 5. The van der Waals surface area contributed by atoms with Gasteiger partial charge in [-0.25, -0.2) is 8.42 Å². The Bertz CT molecular complexity index is 971. The quantitative estimate of drug-likeness (QED) is 0.714. The average Bonchev–Trinajstić information content (AvgIpc) is 2.68. The van der Waals surface area contributed by atoms with Crippen molar-refractivity contribution in [3.63, 3.8) is 0 Å². The van der Waals surface area contributed by atoms with Gasteiger partial charge < -0.3 is 9.64 Å². The van der Waals surface area contributed by atoms with Gasteiger partial charge in [0.1, 0.15) is 0 Å². The highest BCUT2D eigenvalue weighted by atomic mass is 35.5. The Balaban J connectivity index is 1.97. The van der Waals surface area contributed by atoms with Crippen LogP contribution in [0.3, 0.4) is 0 Å². The van der Waals surface area contributed by atoms with Crippen molar-refractivity contribution in [1.82, 2.24) is 4.90 Å². The average molecular weight is 437 g/mol. The van der Waals surface area contributed by atoms with E-state index in [1.807, 2.05) is 19.9 Å². The number of hydrogen-bond donors (Lipinski definition) is 0. The predicted octanol–water partition coefficient (Wildman–Crippen LogP) is 3.80. The van der Waals surface area contributed by atoms with Crippen LogP contribution >= 0.6 is 11.6 Å². The van der Waals surface area contributed by atoms with Crippen molar-refractivity contribution in [2.45, 2.75) is 37.9 Å². The van der Waals surface area contributed by atoms with E-state index in [1.165, 1.54) is 22.5 Å². The summed E-state index contributed by atoms with van der Waals surface area (Å²) in [6.07, 6.45) is -0.191. The highest BCUT2D eigenvalue weighted by Crippen LogP contribution is 2.28. The van der Waals surface area contributed by atoms with Crippen LogP contribution in [0, 0.1) is 0 Å². The first-order valence-corrected chi connectivity index (χ1v) is 11.4. The number of para-hydroxylation sites is 1. The summed E-state index contributed by atoms with van der Waals surface area (Å²) < 4.78 is 33.5. The van der Waals surface area contributed by atoms with Crippen molar-refractivity contribution >= 4 is 33.2 Å². The number of hydrogen-bond acceptors (Lipinski definition) is 4. The van der Waals surface area contributed by atoms with Gasteiger partial charge in [0.15, 0.2) is 0 Å². The van der Waals surface area contributed by atoms with E-state index >= 15 is 0 Å². The number of carbonyl (C=O) groups is 1. The van der Waals surface area contributed by atoms with Crippen LogP contribution in [0.15, 0.2) is 53.4 Å². The van der Waals surface area contributed by atoms with Gasteiger partial charge in [0, 0.05) is 19.6 Å². The number of ether oxygens (including phenoxy) is 1. The SMILES string of the molecule is CCN(c1ccccc1)S(=O)(=O)c1ccc(Cl)c(C(=O)N2C[C@@H](C)O[C@H](C)C2)c1. The molecule has 1 aliphatic rings. The molecular weight excluding hydrogens is 412 g/mol. The van der Waals surface area contributed by atoms with Gasteiger partial charge >= 0.3 is 0 Å². The van der Waals surface area contributed by atoms with E-state index in [-0.39, 0.29) is 40.1 Å². The number of halogens is 1. The Morgan fingerprint density at radius 3 is 2.34 bits per heavy atom. The van der Waals surface area contributed by atoms with Gasteiger partial charge in [-0.05, 0) is 51.1 Å². The monoisotopic (exact) mass is 436 g/mol. The molecule has 8 heteroatoms. The summed E-state index contributed by atoms with van der Waals surface area (Å²) in [5, 5.41) is 0.225. The van der Waals surface area contributed by atoms with Gasteiger partial charge in [0.2, 0.25) is 0 Å². The Hall–Kier alpha value is -2.09. The van der Waals surface area contributed by atoms with Gasteiger partial charge in [-0.15, -0.1) is 0 Å². The molecule has 2 aromatic rings. The lowest BCUT2D eigenvalue weighted by Gasteiger charge is -2.35. The number of anilines is 1. The zero-order valence-electron chi connectivity index (χ0n) is 16.7. The zero-order chi connectivity index (χ0) is 21.2. The standard InChI is InChI=1S/C21H25ClN2O4S/c1-4-24(17-8-6-5-7-9-17)29(26,27)18-10-11-20(22)19(12-18)21(25)23-13-15(2)28-16(3)14-23/h5-12,15-16H,4,13-14H2,1-3H3/t15-,16-/m1/s1. The maximum atomic E-state index is 13.3. The Labute approximate surface area is 177 Å². The first kappa shape index (κ1) is 21.6. The molecule has 156 valence electrons. The fraction of sp³-hybridized carbons (Fsp3) is 0.381. The molecule has 0 N–H and O–H groups in total. The molecule has 0 saturated carbocycles. The lowest BCUT2D eigenvalue weighted by molar-refractivity contribution is -0.0586. The summed E-state index contributed by atoms with van der Waals surface area (Å²) in [7, 11) is -3.85. The van der Waals surface area contributed by atoms with Crippen LogP contribution in [-0.4, -0.2) is 51.1 Å². The second-order valence-corrected chi connectivity index (χ2v) is 9.38. The van der Waals surface area contributed by atoms with E-state index in [2.05, 4.69) is 0 Å². The van der Waals surface area contributed by atoms with Crippen molar-refractivity contribution in [1.29, 1.82) is 0 Å². The Morgan fingerprint density at radius 2 is 1.76 bits per heavy atom. The molecule has 0 aliphatic carbocycles. The van der Waals surface area contributed by atoms with E-state index in [9.17, 15) is 13.2 Å². The van der Waals surface area contributed by atoms with Gasteiger partial charge in [-0.2, -0.15) is 0 Å². The fourth-order valence-corrected chi connectivity index (χ4v) is 5.25. The number of benzene rings is 2. The first-order valence-electron chi connectivity index (χ1n) is 9.56. The molecule has 1 heterocycles. The molecule has 0 aromatic heterocycles. The lowest BCUT2D eigenvalue weighted by Crippen LogP contribution is -2.48. The normalized spacial score (nSPS) is 19.8. The molecule has 1 aliphatic heterocycles. The molecule has 3 rings (SSSR count). The first-order chi connectivity index (χ1) is 13.7. The van der Waals surface area contributed by atoms with Crippen molar-refractivity contribution in [2.24, 2.45) is 0 Å². The molecule has 0 spiro atoms. The number of carbonyl (C=O) groups excluding carboxylic acids is 1. The molecule has 1 amide bonds. The summed E-state index contributed by atoms with van der Waals surface area (Å²) in [5.74, 6) is -0.295. The molecule has 29 heavy (non-hydrogen) atoms. The minimum Gasteiger partial charge on any atom is -0.372 e. The highest BCUT2D eigenvalue weighted by molar-refractivity contribution is 7.92. The van der Waals surface area contributed by atoms with Crippen LogP contribution in [0.25, 0.3) is 0 Å². The molecule has 2 aromatic carbocycles. The van der Waals surface area contributed by atoms with E-state index in [1.54, 1.807) is 36.1 Å². The van der Waals surface area contributed by atoms with Crippen LogP contribution < -0.4 is 4.31 Å². The van der Waals surface area contributed by atoms with Gasteiger partial charge in [0.25, 0.3) is 15.9 Å². The van der Waals surface area contributed by atoms with Gasteiger partial charge in [-0.3, -0.25) is 9.10 Å².